The first kappa shape index (κ1) is 16.5. The van der Waals surface area contributed by atoms with E-state index in [1.54, 1.807) is 4.68 Å². The molecule has 0 fully saturated rings. The second-order valence-electron chi connectivity index (χ2n) is 4.25. The second kappa shape index (κ2) is 6.76. The van der Waals surface area contributed by atoms with Crippen LogP contribution in [0.1, 0.15) is 11.3 Å². The van der Waals surface area contributed by atoms with Crippen molar-refractivity contribution in [1.82, 2.24) is 24.9 Å². The van der Waals surface area contributed by atoms with Gasteiger partial charge in [0.1, 0.15) is 6.54 Å². The number of halogens is 4. The fraction of sp³-hybridized carbons (Fsp3) is 0.455. The predicted octanol–water partition coefficient (Wildman–Crippen LogP) is 1.89. The molecule has 0 saturated heterocycles. The molecule has 5 nitrogen and oxygen atoms in total. The zero-order valence-corrected chi connectivity index (χ0v) is 11.6. The molecule has 2 aromatic rings. The molecule has 0 aromatic carbocycles. The molecule has 2 heterocycles. The third-order valence-corrected chi connectivity index (χ3v) is 2.43. The molecule has 0 aliphatic rings. The highest BCUT2D eigenvalue weighted by molar-refractivity contribution is 5.85. The van der Waals surface area contributed by atoms with Gasteiger partial charge in [0.15, 0.2) is 0 Å². The Balaban J connectivity index is 0.00000200. The minimum absolute atomic E-state index is 0. The number of nitrogens with zero attached hydrogens (tertiary/aromatic N) is 4. The van der Waals surface area contributed by atoms with Crippen molar-refractivity contribution in [3.8, 4) is 0 Å². The molecule has 0 amide bonds. The summed E-state index contributed by atoms with van der Waals surface area (Å²) in [5.41, 5.74) is 1.59. The van der Waals surface area contributed by atoms with Crippen molar-refractivity contribution in [3.05, 3.63) is 35.9 Å². The zero-order valence-electron chi connectivity index (χ0n) is 10.8. The van der Waals surface area contributed by atoms with Crippen molar-refractivity contribution in [2.75, 3.05) is 0 Å². The molecule has 0 saturated carbocycles. The summed E-state index contributed by atoms with van der Waals surface area (Å²) >= 11 is 0. The van der Waals surface area contributed by atoms with Crippen LogP contribution in [0, 0.1) is 0 Å². The van der Waals surface area contributed by atoms with Crippen LogP contribution in [0.25, 0.3) is 0 Å². The molecule has 0 bridgehead atoms. The van der Waals surface area contributed by atoms with E-state index in [0.29, 0.717) is 18.7 Å². The molecule has 0 spiro atoms. The van der Waals surface area contributed by atoms with Gasteiger partial charge >= 0.3 is 6.18 Å². The average Bonchev–Trinajstić information content (AvgIpc) is 2.86. The number of hydrogen-bond donors (Lipinski definition) is 1. The molecule has 0 aliphatic carbocycles. The number of aromatic nitrogens is 4. The standard InChI is InChI=1S/C11H14F3N5.ClH/c1-18-3-2-10(17-18)6-15-4-9-5-16-19(7-9)8-11(12,13)14;/h2-3,5,7,15H,4,6,8H2,1H3;1H. The number of nitrogens with one attached hydrogen (secondary N) is 1. The molecule has 0 aliphatic heterocycles. The van der Waals surface area contributed by atoms with Gasteiger partial charge in [0.2, 0.25) is 0 Å². The van der Waals surface area contributed by atoms with E-state index in [0.717, 1.165) is 10.4 Å². The summed E-state index contributed by atoms with van der Waals surface area (Å²) in [5, 5.41) is 10.9. The minimum Gasteiger partial charge on any atom is -0.307 e. The van der Waals surface area contributed by atoms with Crippen LogP contribution in [0.15, 0.2) is 24.7 Å². The number of alkyl halides is 3. The SMILES string of the molecule is Cl.Cn1ccc(CNCc2cnn(CC(F)(F)F)c2)n1. The molecular weight excluding hydrogens is 295 g/mol. The van der Waals surface area contributed by atoms with Crippen LogP contribution in [0.3, 0.4) is 0 Å². The summed E-state index contributed by atoms with van der Waals surface area (Å²) in [7, 11) is 1.82. The van der Waals surface area contributed by atoms with Gasteiger partial charge in [-0.25, -0.2) is 0 Å². The summed E-state index contributed by atoms with van der Waals surface area (Å²) < 4.78 is 39.0. The average molecular weight is 310 g/mol. The third-order valence-electron chi connectivity index (χ3n) is 2.43. The van der Waals surface area contributed by atoms with Gasteiger partial charge in [-0.3, -0.25) is 9.36 Å². The van der Waals surface area contributed by atoms with Gasteiger partial charge in [-0.05, 0) is 6.07 Å². The highest BCUT2D eigenvalue weighted by atomic mass is 35.5. The molecule has 112 valence electrons. The Hall–Kier alpha value is -1.54. The fourth-order valence-electron chi connectivity index (χ4n) is 1.66. The van der Waals surface area contributed by atoms with Crippen LogP contribution in [0.4, 0.5) is 13.2 Å². The van der Waals surface area contributed by atoms with E-state index >= 15 is 0 Å². The third kappa shape index (κ3) is 5.22. The minimum atomic E-state index is -4.25. The first-order chi connectivity index (χ1) is 8.92. The summed E-state index contributed by atoms with van der Waals surface area (Å²) in [5.74, 6) is 0. The maximum absolute atomic E-state index is 12.1. The summed E-state index contributed by atoms with van der Waals surface area (Å²) in [4.78, 5) is 0. The molecule has 2 rings (SSSR count). The van der Waals surface area contributed by atoms with Crippen LogP contribution in [0.2, 0.25) is 0 Å². The Morgan fingerprint density at radius 2 is 2.05 bits per heavy atom. The van der Waals surface area contributed by atoms with Crippen LogP contribution in [0.5, 0.6) is 0 Å². The number of aryl methyl sites for hydroxylation is 1. The Kier molecular flexibility index (Phi) is 5.58. The predicted molar refractivity (Wildman–Crippen MR) is 69.3 cm³/mol. The van der Waals surface area contributed by atoms with Gasteiger partial charge in [-0.15, -0.1) is 12.4 Å². The van der Waals surface area contributed by atoms with Crippen molar-refractivity contribution in [2.45, 2.75) is 25.8 Å². The van der Waals surface area contributed by atoms with E-state index in [4.69, 9.17) is 0 Å². The zero-order chi connectivity index (χ0) is 13.9. The molecule has 20 heavy (non-hydrogen) atoms. The number of hydrogen-bond acceptors (Lipinski definition) is 3. The molecular formula is C11H15ClF3N5. The van der Waals surface area contributed by atoms with Gasteiger partial charge in [0.25, 0.3) is 0 Å². The van der Waals surface area contributed by atoms with Gasteiger partial charge in [0, 0.05) is 38.1 Å². The highest BCUT2D eigenvalue weighted by Crippen LogP contribution is 2.17. The molecule has 0 unspecified atom stereocenters. The largest absolute Gasteiger partial charge is 0.408 e. The lowest BCUT2D eigenvalue weighted by Crippen LogP contribution is -2.18. The molecule has 9 heteroatoms. The first-order valence-corrected chi connectivity index (χ1v) is 5.70. The van der Waals surface area contributed by atoms with Crippen molar-refractivity contribution in [2.24, 2.45) is 7.05 Å². The van der Waals surface area contributed by atoms with Crippen molar-refractivity contribution in [3.63, 3.8) is 0 Å². The highest BCUT2D eigenvalue weighted by Gasteiger charge is 2.28. The lowest BCUT2D eigenvalue weighted by Gasteiger charge is -2.05. The lowest BCUT2D eigenvalue weighted by atomic mass is 10.3. The first-order valence-electron chi connectivity index (χ1n) is 5.70. The monoisotopic (exact) mass is 309 g/mol. The van der Waals surface area contributed by atoms with E-state index in [-0.39, 0.29) is 12.4 Å². The van der Waals surface area contributed by atoms with E-state index in [1.807, 2.05) is 19.3 Å². The lowest BCUT2D eigenvalue weighted by molar-refractivity contribution is -0.142. The van der Waals surface area contributed by atoms with Crippen molar-refractivity contribution in [1.29, 1.82) is 0 Å². The molecule has 1 N–H and O–H groups in total. The van der Waals surface area contributed by atoms with Crippen LogP contribution < -0.4 is 5.32 Å². The number of rotatable bonds is 5. The Bertz CT molecular complexity index is 534. The van der Waals surface area contributed by atoms with Crippen LogP contribution in [-0.4, -0.2) is 25.7 Å². The normalized spacial score (nSPS) is 11.4. The fourth-order valence-corrected chi connectivity index (χ4v) is 1.66. The summed E-state index contributed by atoms with van der Waals surface area (Å²) in [6.45, 7) is -0.0486. The van der Waals surface area contributed by atoms with Crippen molar-refractivity contribution >= 4 is 12.4 Å². The smallest absolute Gasteiger partial charge is 0.307 e. The van der Waals surface area contributed by atoms with Crippen LogP contribution in [-0.2, 0) is 26.7 Å². The van der Waals surface area contributed by atoms with Crippen molar-refractivity contribution < 1.29 is 13.2 Å². The van der Waals surface area contributed by atoms with E-state index in [9.17, 15) is 13.2 Å². The molecule has 2 aromatic heterocycles. The van der Waals surface area contributed by atoms with E-state index in [2.05, 4.69) is 15.5 Å². The van der Waals surface area contributed by atoms with Gasteiger partial charge < -0.3 is 5.32 Å². The summed E-state index contributed by atoms with van der Waals surface area (Å²) in [6.07, 6.45) is 0.402. The maximum Gasteiger partial charge on any atom is 0.408 e. The van der Waals surface area contributed by atoms with E-state index in [1.165, 1.54) is 12.4 Å². The topological polar surface area (TPSA) is 47.7 Å². The second-order valence-corrected chi connectivity index (χ2v) is 4.25. The quantitative estimate of drug-likeness (QED) is 0.917. The molecule has 0 atom stereocenters. The van der Waals surface area contributed by atoms with Gasteiger partial charge in [-0.1, -0.05) is 0 Å². The Morgan fingerprint density at radius 1 is 1.30 bits per heavy atom. The van der Waals surface area contributed by atoms with Crippen LogP contribution >= 0.6 is 12.4 Å². The Morgan fingerprint density at radius 3 is 2.65 bits per heavy atom. The van der Waals surface area contributed by atoms with Gasteiger partial charge in [-0.2, -0.15) is 23.4 Å². The Labute approximate surface area is 120 Å². The van der Waals surface area contributed by atoms with E-state index < -0.39 is 12.7 Å². The molecule has 0 radical (unpaired) electrons. The van der Waals surface area contributed by atoms with Gasteiger partial charge in [0.05, 0.1) is 11.9 Å². The summed E-state index contributed by atoms with van der Waals surface area (Å²) in [6, 6.07) is 1.88. The maximum atomic E-state index is 12.1.